The predicted molar refractivity (Wildman–Crippen MR) is 288 cm³/mol. The first-order valence-corrected chi connectivity index (χ1v) is 26.2. The van der Waals surface area contributed by atoms with Gasteiger partial charge in [0.2, 0.25) is 5.91 Å². The molecule has 1 aromatic heterocycles. The Bertz CT molecular complexity index is 2560. The van der Waals surface area contributed by atoms with Crippen molar-refractivity contribution in [1.29, 1.82) is 5.26 Å². The maximum Gasteiger partial charge on any atom is 0.262 e. The smallest absolute Gasteiger partial charge is 0.262 e. The van der Waals surface area contributed by atoms with Crippen LogP contribution in [0.2, 0.25) is 5.02 Å². The Kier molecular flexibility index (Phi) is 24.3. The Morgan fingerprint density at radius 2 is 1.39 bits per heavy atom. The number of rotatable bonds is 32. The van der Waals surface area contributed by atoms with Crippen LogP contribution in [-0.2, 0) is 38.0 Å². The molecule has 3 amide bonds. The number of carbonyl (C=O) groups is 3. The molecule has 1 aliphatic heterocycles. The number of carbonyl (C=O) groups excluding carboxylic acids is 3. The van der Waals surface area contributed by atoms with E-state index in [1.807, 2.05) is 103 Å². The fourth-order valence-electron chi connectivity index (χ4n) is 8.20. The molecule has 394 valence electrons. The van der Waals surface area contributed by atoms with Gasteiger partial charge in [0.25, 0.3) is 11.8 Å². The van der Waals surface area contributed by atoms with Crippen LogP contribution in [0.25, 0.3) is 17.2 Å². The minimum Gasteiger partial charge on any atom is -0.491 e. The molecule has 3 N–H and O–H groups in total. The van der Waals surface area contributed by atoms with E-state index >= 15 is 0 Å². The number of halogens is 1. The van der Waals surface area contributed by atoms with Crippen LogP contribution in [0.5, 0.6) is 5.75 Å². The number of thiazole rings is 1. The summed E-state index contributed by atoms with van der Waals surface area (Å²) in [5, 5.41) is 22.1. The van der Waals surface area contributed by atoms with Gasteiger partial charge in [-0.15, -0.1) is 11.3 Å². The summed E-state index contributed by atoms with van der Waals surface area (Å²) < 4.78 is 39.3. The maximum absolute atomic E-state index is 12.9. The monoisotopic (exact) mass is 1050 g/mol. The van der Waals surface area contributed by atoms with Gasteiger partial charge in [-0.05, 0) is 109 Å². The second kappa shape index (κ2) is 31.5. The molecule has 4 aromatic carbocycles. The molecule has 0 aliphatic carbocycles. The van der Waals surface area contributed by atoms with Gasteiger partial charge in [0.15, 0.2) is 0 Å². The highest BCUT2D eigenvalue weighted by Gasteiger charge is 2.33. The van der Waals surface area contributed by atoms with E-state index in [1.165, 1.54) is 17.4 Å². The Morgan fingerprint density at radius 3 is 1.96 bits per heavy atom. The van der Waals surface area contributed by atoms with Gasteiger partial charge in [0, 0.05) is 53.0 Å². The maximum atomic E-state index is 12.9. The summed E-state index contributed by atoms with van der Waals surface area (Å²) in [4.78, 5) is 44.4. The molecule has 0 bridgehead atoms. The number of nitrogens with one attached hydrogen (secondary N) is 3. The zero-order valence-electron chi connectivity index (χ0n) is 42.4. The number of nitriles is 1. The van der Waals surface area contributed by atoms with Crippen LogP contribution in [0.4, 0.5) is 11.4 Å². The van der Waals surface area contributed by atoms with Crippen molar-refractivity contribution in [2.24, 2.45) is 0 Å². The number of anilines is 2. The van der Waals surface area contributed by atoms with Crippen molar-refractivity contribution < 1.29 is 47.5 Å². The molecule has 0 radical (unpaired) electrons. The van der Waals surface area contributed by atoms with Crippen LogP contribution < -0.4 is 25.6 Å². The molecule has 1 aliphatic rings. The third kappa shape index (κ3) is 18.6. The fraction of sp³-hybridized carbons (Fsp3) is 0.411. The third-order valence-corrected chi connectivity index (χ3v) is 12.8. The Morgan fingerprint density at radius 1 is 0.797 bits per heavy atom. The molecule has 0 saturated carbocycles. The van der Waals surface area contributed by atoms with E-state index in [4.69, 9.17) is 44.8 Å². The summed E-state index contributed by atoms with van der Waals surface area (Å²) in [7, 11) is 0. The molecule has 0 unspecified atom stereocenters. The standard InChI is InChI=1S/C56H67ClN6O10S/c1-4-5-51(62-56(66)46(39-58)38-54-59-21-35-74-54)43-10-17-49(18-11-43)73-34-33-72-32-31-71-30-29-70-28-27-69-26-25-68-24-23-67-22-20-60-55(65)44-8-6-42(7-9-44)45-12-19-53-50(37-45)52(36-40(2)63(53)41(3)64)61-48-15-13-47(57)14-16-48/h6-19,21,35,37-38,40,51-52,61H,4-5,20,22-34,36H2,1-3H3,(H,60,65)(H,62,66)/b46-38+/t40-,51-,52+/m0/s1. The lowest BCUT2D eigenvalue weighted by atomic mass is 9.88. The first kappa shape index (κ1) is 57.1. The molecule has 74 heavy (non-hydrogen) atoms. The molecule has 18 heteroatoms. The normalized spacial score (nSPS) is 14.7. The molecule has 16 nitrogen and oxygen atoms in total. The number of nitrogens with zero attached hydrogens (tertiary/aromatic N) is 3. The fourth-order valence-corrected chi connectivity index (χ4v) is 8.90. The van der Waals surface area contributed by atoms with Crippen molar-refractivity contribution in [2.75, 3.05) is 103 Å². The molecule has 0 saturated heterocycles. The van der Waals surface area contributed by atoms with E-state index in [-0.39, 0.29) is 35.5 Å². The number of hydrogen-bond acceptors (Lipinski definition) is 14. The summed E-state index contributed by atoms with van der Waals surface area (Å²) >= 11 is 7.49. The highest BCUT2D eigenvalue weighted by molar-refractivity contribution is 7.10. The Balaban J connectivity index is 0.729. The highest BCUT2D eigenvalue weighted by atomic mass is 35.5. The topological polar surface area (TPSA) is 192 Å². The van der Waals surface area contributed by atoms with Crippen molar-refractivity contribution in [1.82, 2.24) is 15.6 Å². The molecule has 0 spiro atoms. The SMILES string of the molecule is CCC[C@H](NC(=O)/C(C#N)=C/c1nccs1)c1ccc(OCCOCCOCCOCCOCCOCCOCCNC(=O)c2ccc(-c3ccc4c(c3)[C@H](Nc3ccc(Cl)cc3)C[C@H](C)N4C(C)=O)cc2)cc1. The van der Waals surface area contributed by atoms with Crippen molar-refractivity contribution in [3.8, 4) is 22.9 Å². The van der Waals surface area contributed by atoms with Crippen molar-refractivity contribution >= 4 is 58.1 Å². The summed E-state index contributed by atoms with van der Waals surface area (Å²) in [6.45, 7) is 11.5. The number of hydrogen-bond donors (Lipinski definition) is 3. The van der Waals surface area contributed by atoms with Crippen molar-refractivity contribution in [3.05, 3.63) is 135 Å². The summed E-state index contributed by atoms with van der Waals surface area (Å²) in [5.41, 5.74) is 6.32. The summed E-state index contributed by atoms with van der Waals surface area (Å²) in [6, 6.07) is 30.6. The lowest BCUT2D eigenvalue weighted by Gasteiger charge is -2.39. The van der Waals surface area contributed by atoms with Gasteiger partial charge in [-0.3, -0.25) is 14.4 Å². The quantitative estimate of drug-likeness (QED) is 0.0210. The number of amides is 3. The van der Waals surface area contributed by atoms with Gasteiger partial charge in [0.05, 0.1) is 91.4 Å². The zero-order valence-corrected chi connectivity index (χ0v) is 43.9. The van der Waals surface area contributed by atoms with Gasteiger partial charge in [-0.2, -0.15) is 5.26 Å². The van der Waals surface area contributed by atoms with Crippen LogP contribution in [0, 0.1) is 11.3 Å². The zero-order chi connectivity index (χ0) is 52.3. The van der Waals surface area contributed by atoms with Crippen LogP contribution in [0.3, 0.4) is 0 Å². The summed E-state index contributed by atoms with van der Waals surface area (Å²) in [5.74, 6) is 0.0826. The van der Waals surface area contributed by atoms with Crippen LogP contribution in [0.15, 0.2) is 108 Å². The molecule has 2 heterocycles. The molecular weight excluding hydrogens is 984 g/mol. The Hall–Kier alpha value is -6.20. The predicted octanol–water partition coefficient (Wildman–Crippen LogP) is 9.23. The van der Waals surface area contributed by atoms with E-state index in [0.29, 0.717) is 114 Å². The van der Waals surface area contributed by atoms with E-state index in [2.05, 4.69) is 33.9 Å². The lowest BCUT2D eigenvalue weighted by Crippen LogP contribution is -2.43. The minimum absolute atomic E-state index is 0.00549. The van der Waals surface area contributed by atoms with Crippen LogP contribution >= 0.6 is 22.9 Å². The van der Waals surface area contributed by atoms with Gasteiger partial charge >= 0.3 is 0 Å². The first-order chi connectivity index (χ1) is 36.1. The largest absolute Gasteiger partial charge is 0.491 e. The number of aromatic nitrogens is 1. The van der Waals surface area contributed by atoms with E-state index in [0.717, 1.165) is 52.9 Å². The van der Waals surface area contributed by atoms with E-state index in [1.54, 1.807) is 18.5 Å². The second-order valence-corrected chi connectivity index (χ2v) is 18.6. The van der Waals surface area contributed by atoms with Gasteiger partial charge in [-0.1, -0.05) is 55.3 Å². The Labute approximate surface area is 443 Å². The van der Waals surface area contributed by atoms with Crippen LogP contribution in [0.1, 0.15) is 78.6 Å². The average molecular weight is 1050 g/mol. The molecule has 5 aromatic rings. The van der Waals surface area contributed by atoms with Gasteiger partial charge in [-0.25, -0.2) is 4.98 Å². The molecule has 6 rings (SSSR count). The minimum atomic E-state index is -0.429. The highest BCUT2D eigenvalue weighted by Crippen LogP contribution is 2.41. The van der Waals surface area contributed by atoms with Gasteiger partial charge < -0.3 is 54.0 Å². The summed E-state index contributed by atoms with van der Waals surface area (Å²) in [6.07, 6.45) is 5.45. The first-order valence-electron chi connectivity index (χ1n) is 25.0. The van der Waals surface area contributed by atoms with E-state index in [9.17, 15) is 19.6 Å². The van der Waals surface area contributed by atoms with Crippen molar-refractivity contribution in [3.63, 3.8) is 0 Å². The lowest BCUT2D eigenvalue weighted by molar-refractivity contribution is -0.118. The van der Waals surface area contributed by atoms with Gasteiger partial charge in [0.1, 0.15) is 29.0 Å². The number of fused-ring (bicyclic) bond motifs is 1. The number of benzene rings is 4. The second-order valence-electron chi connectivity index (χ2n) is 17.2. The number of ether oxygens (including phenoxy) is 7. The average Bonchev–Trinajstić information content (AvgIpc) is 3.93. The van der Waals surface area contributed by atoms with Crippen LogP contribution in [-0.4, -0.2) is 121 Å². The van der Waals surface area contributed by atoms with E-state index < -0.39 is 5.91 Å². The molecule has 0 fully saturated rings. The molecular formula is C56H67ClN6O10S. The molecule has 3 atom stereocenters. The van der Waals surface area contributed by atoms with Crippen molar-refractivity contribution in [2.45, 2.75) is 58.2 Å². The third-order valence-electron chi connectivity index (χ3n) is 11.8.